The number of aliphatic hydroxyl groups is 1. The molecule has 0 radical (unpaired) electrons. The van der Waals surface area contributed by atoms with E-state index in [0.29, 0.717) is 12.2 Å². The van der Waals surface area contributed by atoms with E-state index in [9.17, 15) is 8.78 Å². The van der Waals surface area contributed by atoms with Crippen molar-refractivity contribution in [3.05, 3.63) is 65.2 Å². The van der Waals surface area contributed by atoms with E-state index in [1.807, 2.05) is 12.1 Å². The minimum Gasteiger partial charge on any atom is -0.489 e. The van der Waals surface area contributed by atoms with Crippen LogP contribution in [-0.2, 0) is 13.0 Å². The van der Waals surface area contributed by atoms with E-state index in [1.54, 1.807) is 12.1 Å². The number of aliphatic hydroxyl groups excluding tert-OH is 1. The molecule has 0 spiro atoms. The topological polar surface area (TPSA) is 55.5 Å². The van der Waals surface area contributed by atoms with E-state index in [1.165, 1.54) is 18.2 Å². The molecule has 0 heterocycles. The third kappa shape index (κ3) is 4.24. The fourth-order valence-corrected chi connectivity index (χ4v) is 1.91. The predicted molar refractivity (Wildman–Crippen MR) is 75.9 cm³/mol. The van der Waals surface area contributed by atoms with Crippen molar-refractivity contribution in [2.45, 2.75) is 19.1 Å². The van der Waals surface area contributed by atoms with Crippen LogP contribution in [0, 0.1) is 11.6 Å². The highest BCUT2D eigenvalue weighted by atomic mass is 19.1. The van der Waals surface area contributed by atoms with E-state index in [2.05, 4.69) is 0 Å². The number of hydrogen-bond donors (Lipinski definition) is 2. The monoisotopic (exact) mass is 293 g/mol. The first-order chi connectivity index (χ1) is 10.1. The van der Waals surface area contributed by atoms with Crippen molar-refractivity contribution in [1.29, 1.82) is 0 Å². The summed E-state index contributed by atoms with van der Waals surface area (Å²) < 4.78 is 32.3. The van der Waals surface area contributed by atoms with Gasteiger partial charge < -0.3 is 15.6 Å². The van der Waals surface area contributed by atoms with Crippen LogP contribution in [0.3, 0.4) is 0 Å². The van der Waals surface area contributed by atoms with Crippen molar-refractivity contribution in [1.82, 2.24) is 0 Å². The lowest BCUT2D eigenvalue weighted by atomic mass is 10.1. The zero-order chi connectivity index (χ0) is 15.2. The lowest BCUT2D eigenvalue weighted by molar-refractivity contribution is 0.265. The van der Waals surface area contributed by atoms with Crippen LogP contribution in [0.15, 0.2) is 42.5 Å². The Morgan fingerprint density at radius 3 is 2.24 bits per heavy atom. The van der Waals surface area contributed by atoms with Gasteiger partial charge in [-0.1, -0.05) is 18.2 Å². The van der Waals surface area contributed by atoms with Gasteiger partial charge in [0, 0.05) is 6.04 Å². The number of ether oxygens (including phenoxy) is 1. The molecule has 0 saturated heterocycles. The number of nitrogens with two attached hydrogens (primary N) is 1. The standard InChI is InChI=1S/C16H17F2NO2/c17-15-2-1-3-16(18)14(15)10-21-13-6-4-11(5-7-13)8-12(19)9-20/h1-7,12,20H,8-10,19H2/t12-/m0/s1. The maximum atomic E-state index is 13.4. The first-order valence-electron chi connectivity index (χ1n) is 6.61. The van der Waals surface area contributed by atoms with Gasteiger partial charge in [0.05, 0.1) is 12.2 Å². The van der Waals surface area contributed by atoms with E-state index < -0.39 is 11.6 Å². The third-order valence-corrected chi connectivity index (χ3v) is 3.10. The maximum Gasteiger partial charge on any atom is 0.132 e. The molecule has 2 rings (SSSR count). The molecule has 3 nitrogen and oxygen atoms in total. The Balaban J connectivity index is 1.98. The van der Waals surface area contributed by atoms with Crippen molar-refractivity contribution >= 4 is 0 Å². The van der Waals surface area contributed by atoms with Gasteiger partial charge in [-0.25, -0.2) is 8.78 Å². The summed E-state index contributed by atoms with van der Waals surface area (Å²) in [6.07, 6.45) is 0.554. The van der Waals surface area contributed by atoms with Crippen molar-refractivity contribution in [3.8, 4) is 5.75 Å². The molecule has 0 aliphatic carbocycles. The molecule has 0 aliphatic heterocycles. The SMILES string of the molecule is N[C@H](CO)Cc1ccc(OCc2c(F)cccc2F)cc1. The van der Waals surface area contributed by atoms with Gasteiger partial charge in [0.2, 0.25) is 0 Å². The average Bonchev–Trinajstić information content (AvgIpc) is 2.48. The molecule has 0 bridgehead atoms. The van der Waals surface area contributed by atoms with Crippen LogP contribution < -0.4 is 10.5 Å². The zero-order valence-electron chi connectivity index (χ0n) is 11.4. The summed E-state index contributed by atoms with van der Waals surface area (Å²) in [5, 5.41) is 8.89. The second kappa shape index (κ2) is 7.15. The van der Waals surface area contributed by atoms with Gasteiger partial charge in [-0.05, 0) is 36.2 Å². The Hall–Kier alpha value is -1.98. The Morgan fingerprint density at radius 1 is 1.05 bits per heavy atom. The van der Waals surface area contributed by atoms with Gasteiger partial charge in [-0.2, -0.15) is 0 Å². The van der Waals surface area contributed by atoms with Crippen molar-refractivity contribution in [2.24, 2.45) is 5.73 Å². The molecule has 0 unspecified atom stereocenters. The fourth-order valence-electron chi connectivity index (χ4n) is 1.91. The van der Waals surface area contributed by atoms with E-state index >= 15 is 0 Å². The quantitative estimate of drug-likeness (QED) is 0.860. The minimum atomic E-state index is -0.625. The number of rotatable bonds is 6. The van der Waals surface area contributed by atoms with E-state index in [4.69, 9.17) is 15.6 Å². The third-order valence-electron chi connectivity index (χ3n) is 3.10. The van der Waals surface area contributed by atoms with Gasteiger partial charge in [-0.15, -0.1) is 0 Å². The summed E-state index contributed by atoms with van der Waals surface area (Å²) in [4.78, 5) is 0. The Bertz CT molecular complexity index is 567. The molecule has 0 fully saturated rings. The molecule has 21 heavy (non-hydrogen) atoms. The van der Waals surface area contributed by atoms with Crippen LogP contribution in [0.2, 0.25) is 0 Å². The molecule has 3 N–H and O–H groups in total. The Morgan fingerprint density at radius 2 is 1.67 bits per heavy atom. The van der Waals surface area contributed by atoms with Gasteiger partial charge in [0.15, 0.2) is 0 Å². The Labute approximate surface area is 122 Å². The second-order valence-corrected chi connectivity index (χ2v) is 4.78. The summed E-state index contributed by atoms with van der Waals surface area (Å²) >= 11 is 0. The maximum absolute atomic E-state index is 13.4. The van der Waals surface area contributed by atoms with Crippen LogP contribution in [0.4, 0.5) is 8.78 Å². The molecule has 0 amide bonds. The zero-order valence-corrected chi connectivity index (χ0v) is 11.4. The van der Waals surface area contributed by atoms with Crippen molar-refractivity contribution < 1.29 is 18.6 Å². The predicted octanol–water partition coefficient (Wildman–Crippen LogP) is 2.41. The van der Waals surface area contributed by atoms with Crippen LogP contribution in [0.5, 0.6) is 5.75 Å². The molecule has 5 heteroatoms. The molecule has 0 saturated carbocycles. The van der Waals surface area contributed by atoms with Crippen LogP contribution in [-0.4, -0.2) is 17.8 Å². The van der Waals surface area contributed by atoms with Crippen molar-refractivity contribution in [2.75, 3.05) is 6.61 Å². The smallest absolute Gasteiger partial charge is 0.132 e. The van der Waals surface area contributed by atoms with Gasteiger partial charge in [0.1, 0.15) is 24.0 Å². The average molecular weight is 293 g/mol. The highest BCUT2D eigenvalue weighted by molar-refractivity contribution is 5.28. The molecular weight excluding hydrogens is 276 g/mol. The van der Waals surface area contributed by atoms with Crippen LogP contribution in [0.1, 0.15) is 11.1 Å². The summed E-state index contributed by atoms with van der Waals surface area (Å²) in [5.74, 6) is -0.736. The minimum absolute atomic E-state index is 0.0786. The highest BCUT2D eigenvalue weighted by Crippen LogP contribution is 2.18. The largest absolute Gasteiger partial charge is 0.489 e. The molecule has 2 aromatic carbocycles. The lowest BCUT2D eigenvalue weighted by Crippen LogP contribution is -2.26. The normalized spacial score (nSPS) is 12.2. The Kier molecular flexibility index (Phi) is 5.25. The number of halogens is 2. The van der Waals surface area contributed by atoms with Crippen LogP contribution >= 0.6 is 0 Å². The number of benzene rings is 2. The summed E-state index contributed by atoms with van der Waals surface area (Å²) in [5.41, 5.74) is 6.51. The fraction of sp³-hybridized carbons (Fsp3) is 0.250. The highest BCUT2D eigenvalue weighted by Gasteiger charge is 2.09. The summed E-state index contributed by atoms with van der Waals surface area (Å²) in [6.45, 7) is -0.251. The van der Waals surface area contributed by atoms with Gasteiger partial charge in [-0.3, -0.25) is 0 Å². The summed E-state index contributed by atoms with van der Waals surface area (Å²) in [7, 11) is 0. The molecule has 1 atom stereocenters. The van der Waals surface area contributed by atoms with E-state index in [0.717, 1.165) is 5.56 Å². The van der Waals surface area contributed by atoms with Crippen molar-refractivity contribution in [3.63, 3.8) is 0 Å². The molecule has 0 aromatic heterocycles. The molecule has 0 aliphatic rings. The van der Waals surface area contributed by atoms with Gasteiger partial charge >= 0.3 is 0 Å². The first-order valence-corrected chi connectivity index (χ1v) is 6.61. The summed E-state index contributed by atoms with van der Waals surface area (Å²) in [6, 6.07) is 10.4. The van der Waals surface area contributed by atoms with E-state index in [-0.39, 0.29) is 24.8 Å². The van der Waals surface area contributed by atoms with Crippen LogP contribution in [0.25, 0.3) is 0 Å². The number of hydrogen-bond acceptors (Lipinski definition) is 3. The first kappa shape index (κ1) is 15.4. The second-order valence-electron chi connectivity index (χ2n) is 4.78. The molecule has 2 aromatic rings. The molecule has 112 valence electrons. The van der Waals surface area contributed by atoms with Gasteiger partial charge in [0.25, 0.3) is 0 Å². The molecular formula is C16H17F2NO2. The lowest BCUT2D eigenvalue weighted by Gasteiger charge is -2.10.